The Morgan fingerprint density at radius 3 is 2.11 bits per heavy atom. The Bertz CT molecular complexity index is 1060. The molecule has 3 nitrogen and oxygen atoms in total. The van der Waals surface area contributed by atoms with Crippen molar-refractivity contribution >= 4 is 10.1 Å². The number of halogens is 4. The molecule has 0 spiro atoms. The molecule has 0 aromatic heterocycles. The minimum atomic E-state index is -4.16. The lowest BCUT2D eigenvalue weighted by molar-refractivity contribution is 0.157. The molecule has 2 bridgehead atoms. The second-order valence-corrected chi connectivity index (χ2v) is 8.31. The average Bonchev–Trinajstić information content (AvgIpc) is 2.64. The summed E-state index contributed by atoms with van der Waals surface area (Å²) >= 11 is 0. The van der Waals surface area contributed by atoms with Gasteiger partial charge in [0.1, 0.15) is 0 Å². The van der Waals surface area contributed by atoms with Gasteiger partial charge in [-0.3, -0.25) is 4.18 Å². The summed E-state index contributed by atoms with van der Waals surface area (Å²) in [5.41, 5.74) is 0.207. The summed E-state index contributed by atoms with van der Waals surface area (Å²) in [5.74, 6) is -8.56. The summed E-state index contributed by atoms with van der Waals surface area (Å²) in [5, 5.41) is 0. The van der Waals surface area contributed by atoms with E-state index in [1.54, 1.807) is 19.1 Å². The molecule has 27 heavy (non-hydrogen) atoms. The molecule has 0 saturated carbocycles. The lowest BCUT2D eigenvalue weighted by atomic mass is 9.69. The van der Waals surface area contributed by atoms with Crippen LogP contribution in [0.3, 0.4) is 0 Å². The molecular weight excluding hydrogens is 384 g/mol. The van der Waals surface area contributed by atoms with Crippen molar-refractivity contribution in [2.75, 3.05) is 0 Å². The first-order chi connectivity index (χ1) is 12.7. The van der Waals surface area contributed by atoms with E-state index in [0.29, 0.717) is 0 Å². The molecule has 3 aliphatic rings. The normalized spacial score (nSPS) is 23.5. The summed E-state index contributed by atoms with van der Waals surface area (Å²) in [6.07, 6.45) is 1.95. The first-order valence-corrected chi connectivity index (χ1v) is 9.65. The molecule has 0 N–H and O–H groups in total. The lowest BCUT2D eigenvalue weighted by Gasteiger charge is -2.39. The predicted octanol–water partition coefficient (Wildman–Crippen LogP) is 4.47. The van der Waals surface area contributed by atoms with Crippen LogP contribution in [0.25, 0.3) is 0 Å². The van der Waals surface area contributed by atoms with Crippen LogP contribution in [0, 0.1) is 30.2 Å². The van der Waals surface area contributed by atoms with Gasteiger partial charge in [0.15, 0.2) is 23.3 Å². The van der Waals surface area contributed by atoms with Crippen LogP contribution in [0.1, 0.15) is 34.9 Å². The molecule has 5 rings (SSSR count). The summed E-state index contributed by atoms with van der Waals surface area (Å²) in [4.78, 5) is -0.0734. The smallest absolute Gasteiger partial charge is 0.262 e. The van der Waals surface area contributed by atoms with E-state index in [-0.39, 0.29) is 22.4 Å². The summed E-state index contributed by atoms with van der Waals surface area (Å²) in [7, 11) is -4.16. The fourth-order valence-electron chi connectivity index (χ4n) is 3.73. The molecule has 0 radical (unpaired) electrons. The van der Waals surface area contributed by atoms with Crippen LogP contribution in [-0.4, -0.2) is 14.5 Å². The molecule has 0 aliphatic heterocycles. The van der Waals surface area contributed by atoms with Crippen molar-refractivity contribution in [3.05, 3.63) is 76.4 Å². The van der Waals surface area contributed by atoms with Gasteiger partial charge in [0.2, 0.25) is 0 Å². The Hall–Kier alpha value is -2.19. The van der Waals surface area contributed by atoms with Crippen molar-refractivity contribution in [1.29, 1.82) is 0 Å². The Morgan fingerprint density at radius 2 is 1.48 bits per heavy atom. The van der Waals surface area contributed by atoms with Crippen molar-refractivity contribution in [1.82, 2.24) is 0 Å². The van der Waals surface area contributed by atoms with Crippen LogP contribution in [-0.2, 0) is 14.3 Å². The molecule has 3 atom stereocenters. The molecule has 0 heterocycles. The zero-order valence-corrected chi connectivity index (χ0v) is 14.9. The van der Waals surface area contributed by atoms with Gasteiger partial charge >= 0.3 is 0 Å². The van der Waals surface area contributed by atoms with Gasteiger partial charge in [-0.05, 0) is 25.5 Å². The Morgan fingerprint density at radius 1 is 0.889 bits per heavy atom. The maximum Gasteiger partial charge on any atom is 0.297 e. The van der Waals surface area contributed by atoms with Gasteiger partial charge in [-0.15, -0.1) is 0 Å². The molecular formula is C19H14F4O3S. The number of rotatable bonds is 3. The third kappa shape index (κ3) is 2.78. The van der Waals surface area contributed by atoms with Gasteiger partial charge in [0.25, 0.3) is 10.1 Å². The van der Waals surface area contributed by atoms with Gasteiger partial charge < -0.3 is 0 Å². The predicted molar refractivity (Wildman–Crippen MR) is 88.8 cm³/mol. The van der Waals surface area contributed by atoms with Gasteiger partial charge in [-0.2, -0.15) is 8.42 Å². The van der Waals surface area contributed by atoms with Crippen molar-refractivity contribution < 1.29 is 30.2 Å². The highest BCUT2D eigenvalue weighted by Gasteiger charge is 2.45. The zero-order valence-electron chi connectivity index (χ0n) is 14.0. The fourth-order valence-corrected chi connectivity index (χ4v) is 4.83. The number of fused-ring (bicyclic) bond motifs is 1. The number of allylic oxidation sites excluding steroid dienone is 1. The van der Waals surface area contributed by atoms with Crippen LogP contribution in [0.4, 0.5) is 17.6 Å². The first-order valence-electron chi connectivity index (χ1n) is 8.24. The van der Waals surface area contributed by atoms with Crippen LogP contribution in [0.5, 0.6) is 0 Å². The lowest BCUT2D eigenvalue weighted by Crippen LogP contribution is -2.36. The summed E-state index contributed by atoms with van der Waals surface area (Å²) in [6.45, 7) is 1.80. The Balaban J connectivity index is 1.73. The fraction of sp³-hybridized carbons (Fsp3) is 0.263. The minimum Gasteiger partial charge on any atom is -0.262 e. The Kier molecular flexibility index (Phi) is 4.16. The highest BCUT2D eigenvalue weighted by atomic mass is 32.2. The van der Waals surface area contributed by atoms with E-state index in [4.69, 9.17) is 4.18 Å². The van der Waals surface area contributed by atoms with Crippen LogP contribution in [0.15, 0.2) is 41.3 Å². The van der Waals surface area contributed by atoms with Gasteiger partial charge in [-0.1, -0.05) is 29.8 Å². The summed E-state index contributed by atoms with van der Waals surface area (Å²) in [6, 6.07) is 5.97. The van der Waals surface area contributed by atoms with Crippen molar-refractivity contribution in [2.45, 2.75) is 36.2 Å². The molecule has 3 aliphatic carbocycles. The average molecular weight is 398 g/mol. The number of hydrogen-bond donors (Lipinski definition) is 0. The quantitative estimate of drug-likeness (QED) is 0.252. The Labute approximate surface area is 153 Å². The molecule has 2 aromatic rings. The summed E-state index contributed by atoms with van der Waals surface area (Å²) < 4.78 is 86.1. The van der Waals surface area contributed by atoms with E-state index in [1.165, 1.54) is 24.3 Å². The molecule has 8 heteroatoms. The maximum absolute atomic E-state index is 14.3. The van der Waals surface area contributed by atoms with E-state index in [0.717, 1.165) is 5.56 Å². The molecule has 0 fully saturated rings. The molecule has 0 unspecified atom stereocenters. The monoisotopic (exact) mass is 398 g/mol. The minimum absolute atomic E-state index is 0.0146. The topological polar surface area (TPSA) is 43.4 Å². The number of hydrogen-bond acceptors (Lipinski definition) is 3. The van der Waals surface area contributed by atoms with E-state index in [9.17, 15) is 26.0 Å². The van der Waals surface area contributed by atoms with Gasteiger partial charge in [0.05, 0.1) is 11.0 Å². The van der Waals surface area contributed by atoms with Gasteiger partial charge in [0, 0.05) is 23.0 Å². The van der Waals surface area contributed by atoms with E-state index >= 15 is 0 Å². The SMILES string of the molecule is Cc1ccc(S(=O)(=O)O[C@H]2C[C@@H]3C=C[C@@H]2c2c(F)c(F)c(F)c(F)c23)cc1. The van der Waals surface area contributed by atoms with Crippen LogP contribution >= 0.6 is 0 Å². The zero-order chi connectivity index (χ0) is 19.5. The molecule has 0 saturated heterocycles. The molecule has 142 valence electrons. The van der Waals surface area contributed by atoms with Gasteiger partial charge in [-0.25, -0.2) is 17.6 Å². The van der Waals surface area contributed by atoms with Crippen molar-refractivity contribution in [3.63, 3.8) is 0 Å². The van der Waals surface area contributed by atoms with Crippen molar-refractivity contribution in [2.24, 2.45) is 0 Å². The third-order valence-electron chi connectivity index (χ3n) is 5.04. The van der Waals surface area contributed by atoms with Crippen LogP contribution < -0.4 is 0 Å². The van der Waals surface area contributed by atoms with E-state index < -0.39 is 51.3 Å². The number of benzene rings is 2. The molecule has 2 aromatic carbocycles. The third-order valence-corrected chi connectivity index (χ3v) is 6.39. The van der Waals surface area contributed by atoms with E-state index in [2.05, 4.69) is 0 Å². The van der Waals surface area contributed by atoms with Crippen molar-refractivity contribution in [3.8, 4) is 0 Å². The largest absolute Gasteiger partial charge is 0.297 e. The van der Waals surface area contributed by atoms with E-state index in [1.807, 2.05) is 0 Å². The second kappa shape index (κ2) is 6.17. The highest BCUT2D eigenvalue weighted by molar-refractivity contribution is 7.86. The first kappa shape index (κ1) is 18.2. The highest BCUT2D eigenvalue weighted by Crippen LogP contribution is 2.49. The maximum atomic E-state index is 14.3. The second-order valence-electron chi connectivity index (χ2n) is 6.74. The number of aryl methyl sites for hydroxylation is 1. The molecule has 0 amide bonds. The standard InChI is InChI=1S/C19H14F4O3S/c1-9-2-5-11(6-3-9)27(24,25)26-13-8-10-4-7-12(13)15-14(10)16(20)18(22)19(23)17(15)21/h2-7,10,12-13H,8H2,1H3/t10-,12-,13-/m0/s1. The van der Waals surface area contributed by atoms with Crippen LogP contribution in [0.2, 0.25) is 0 Å².